The molecule has 0 aliphatic heterocycles. The summed E-state index contributed by atoms with van der Waals surface area (Å²) in [7, 11) is 0. The van der Waals surface area contributed by atoms with Gasteiger partial charge in [-0.25, -0.2) is 4.98 Å². The summed E-state index contributed by atoms with van der Waals surface area (Å²) >= 11 is 0. The van der Waals surface area contributed by atoms with Gasteiger partial charge in [-0.15, -0.1) is 0 Å². The SMILES string of the molecule is Cc1ccc(-n2c(/C=C/c3ccccc3C(F)(F)F)nc3ccccc3c2=O)cc1. The van der Waals surface area contributed by atoms with E-state index in [9.17, 15) is 18.0 Å². The van der Waals surface area contributed by atoms with E-state index >= 15 is 0 Å². The molecule has 3 nitrogen and oxygen atoms in total. The van der Waals surface area contributed by atoms with Crippen LogP contribution >= 0.6 is 0 Å². The summed E-state index contributed by atoms with van der Waals surface area (Å²) in [5.74, 6) is 0.250. The van der Waals surface area contributed by atoms with Gasteiger partial charge in [-0.05, 0) is 48.9 Å². The minimum Gasteiger partial charge on any atom is -0.268 e. The lowest BCUT2D eigenvalue weighted by molar-refractivity contribution is -0.137. The minimum atomic E-state index is -4.48. The minimum absolute atomic E-state index is 0.00265. The van der Waals surface area contributed by atoms with Gasteiger partial charge in [0, 0.05) is 0 Å². The number of fused-ring (bicyclic) bond motifs is 1. The summed E-state index contributed by atoms with van der Waals surface area (Å²) in [6.07, 6.45) is -1.70. The van der Waals surface area contributed by atoms with Crippen LogP contribution in [0.2, 0.25) is 0 Å². The van der Waals surface area contributed by atoms with Gasteiger partial charge in [-0.3, -0.25) is 9.36 Å². The average molecular weight is 406 g/mol. The summed E-state index contributed by atoms with van der Waals surface area (Å²) in [4.78, 5) is 17.7. The second kappa shape index (κ2) is 7.63. The van der Waals surface area contributed by atoms with Crippen molar-refractivity contribution >= 4 is 23.1 Å². The highest BCUT2D eigenvalue weighted by Gasteiger charge is 2.32. The van der Waals surface area contributed by atoms with Gasteiger partial charge in [0.2, 0.25) is 0 Å². The predicted octanol–water partition coefficient (Wildman–Crippen LogP) is 5.88. The van der Waals surface area contributed by atoms with Crippen molar-refractivity contribution in [1.29, 1.82) is 0 Å². The molecule has 4 rings (SSSR count). The largest absolute Gasteiger partial charge is 0.416 e. The Kier molecular flexibility index (Phi) is 4.99. The molecule has 0 radical (unpaired) electrons. The fourth-order valence-corrected chi connectivity index (χ4v) is 3.27. The first kappa shape index (κ1) is 19.6. The van der Waals surface area contributed by atoms with Crippen molar-refractivity contribution in [1.82, 2.24) is 9.55 Å². The van der Waals surface area contributed by atoms with E-state index in [1.807, 2.05) is 19.1 Å². The maximum Gasteiger partial charge on any atom is 0.416 e. The van der Waals surface area contributed by atoms with Gasteiger partial charge < -0.3 is 0 Å². The number of hydrogen-bond acceptors (Lipinski definition) is 2. The van der Waals surface area contributed by atoms with Gasteiger partial charge in [0.1, 0.15) is 5.82 Å². The summed E-state index contributed by atoms with van der Waals surface area (Å²) in [6, 6.07) is 19.5. The smallest absolute Gasteiger partial charge is 0.268 e. The fourth-order valence-electron chi connectivity index (χ4n) is 3.27. The third-order valence-corrected chi connectivity index (χ3v) is 4.77. The van der Waals surface area contributed by atoms with Crippen molar-refractivity contribution in [3.63, 3.8) is 0 Å². The third kappa shape index (κ3) is 3.76. The number of para-hydroxylation sites is 1. The number of hydrogen-bond donors (Lipinski definition) is 0. The van der Waals surface area contributed by atoms with Crippen LogP contribution in [0.4, 0.5) is 13.2 Å². The van der Waals surface area contributed by atoms with Gasteiger partial charge in [-0.1, -0.05) is 54.1 Å². The summed E-state index contributed by atoms with van der Waals surface area (Å²) in [6.45, 7) is 1.93. The zero-order chi connectivity index (χ0) is 21.3. The molecule has 0 aliphatic carbocycles. The first-order valence-electron chi connectivity index (χ1n) is 9.28. The molecule has 0 spiro atoms. The van der Waals surface area contributed by atoms with E-state index in [4.69, 9.17) is 0 Å². The molecule has 30 heavy (non-hydrogen) atoms. The first-order chi connectivity index (χ1) is 14.3. The molecule has 0 fully saturated rings. The molecule has 0 saturated heterocycles. The number of halogens is 3. The average Bonchev–Trinajstić information content (AvgIpc) is 2.73. The number of alkyl halides is 3. The molecule has 6 heteroatoms. The fraction of sp³-hybridized carbons (Fsp3) is 0.0833. The summed E-state index contributed by atoms with van der Waals surface area (Å²) in [5, 5.41) is 0.436. The standard InChI is InChI=1S/C24H17F3N2O/c1-16-10-13-18(14-11-16)29-22(28-21-9-5-3-7-19(21)23(29)30)15-12-17-6-2-4-8-20(17)24(25,26)27/h2-15H,1H3/b15-12+. The van der Waals surface area contributed by atoms with Gasteiger partial charge in [0.05, 0.1) is 22.2 Å². The molecule has 4 aromatic rings. The van der Waals surface area contributed by atoms with Gasteiger partial charge in [0.25, 0.3) is 5.56 Å². The molecule has 0 saturated carbocycles. The zero-order valence-electron chi connectivity index (χ0n) is 16.0. The van der Waals surface area contributed by atoms with Crippen molar-refractivity contribution in [2.24, 2.45) is 0 Å². The van der Waals surface area contributed by atoms with E-state index in [-0.39, 0.29) is 16.9 Å². The Bertz CT molecular complexity index is 1300. The van der Waals surface area contributed by atoms with Crippen LogP contribution in [0.1, 0.15) is 22.5 Å². The molecule has 1 heterocycles. The molecule has 0 bridgehead atoms. The zero-order valence-corrected chi connectivity index (χ0v) is 16.0. The van der Waals surface area contributed by atoms with Crippen LogP contribution in [-0.2, 0) is 6.18 Å². The number of rotatable bonds is 3. The predicted molar refractivity (Wildman–Crippen MR) is 112 cm³/mol. The van der Waals surface area contributed by atoms with Crippen LogP contribution in [0.25, 0.3) is 28.7 Å². The highest BCUT2D eigenvalue weighted by molar-refractivity contribution is 5.80. The molecule has 0 unspecified atom stereocenters. The Hall–Kier alpha value is -3.67. The normalized spacial score (nSPS) is 12.0. The third-order valence-electron chi connectivity index (χ3n) is 4.77. The summed E-state index contributed by atoms with van der Waals surface area (Å²) < 4.78 is 41.4. The van der Waals surface area contributed by atoms with Crippen molar-refractivity contribution < 1.29 is 13.2 Å². The van der Waals surface area contributed by atoms with Crippen molar-refractivity contribution in [2.45, 2.75) is 13.1 Å². The van der Waals surface area contributed by atoms with E-state index in [2.05, 4.69) is 4.98 Å². The van der Waals surface area contributed by atoms with Crippen molar-refractivity contribution in [2.75, 3.05) is 0 Å². The number of aryl methyl sites for hydroxylation is 1. The summed E-state index contributed by atoms with van der Waals surface area (Å²) in [5.41, 5.74) is 1.07. The monoisotopic (exact) mass is 406 g/mol. The van der Waals surface area contributed by atoms with Crippen molar-refractivity contribution in [3.05, 3.63) is 106 Å². The molecule has 0 N–H and O–H groups in total. The molecular formula is C24H17F3N2O. The number of benzene rings is 3. The van der Waals surface area contributed by atoms with Crippen molar-refractivity contribution in [3.8, 4) is 5.69 Å². The second-order valence-corrected chi connectivity index (χ2v) is 6.88. The molecule has 150 valence electrons. The highest BCUT2D eigenvalue weighted by Crippen LogP contribution is 2.32. The lowest BCUT2D eigenvalue weighted by atomic mass is 10.1. The van der Waals surface area contributed by atoms with Gasteiger partial charge in [-0.2, -0.15) is 13.2 Å². The second-order valence-electron chi connectivity index (χ2n) is 6.88. The number of nitrogens with zero attached hydrogens (tertiary/aromatic N) is 2. The quantitative estimate of drug-likeness (QED) is 0.426. The van der Waals surface area contributed by atoms with E-state index in [0.29, 0.717) is 16.6 Å². The Balaban J connectivity index is 1.93. The van der Waals surface area contributed by atoms with Crippen LogP contribution in [-0.4, -0.2) is 9.55 Å². The topological polar surface area (TPSA) is 34.9 Å². The molecule has 0 atom stereocenters. The van der Waals surface area contributed by atoms with Gasteiger partial charge >= 0.3 is 6.18 Å². The Morgan fingerprint density at radius 2 is 1.53 bits per heavy atom. The van der Waals surface area contributed by atoms with Crippen LogP contribution in [0.3, 0.4) is 0 Å². The molecule has 1 aromatic heterocycles. The molecular weight excluding hydrogens is 389 g/mol. The van der Waals surface area contributed by atoms with Crippen LogP contribution in [0.5, 0.6) is 0 Å². The molecule has 3 aromatic carbocycles. The van der Waals surface area contributed by atoms with Gasteiger partial charge in [0.15, 0.2) is 0 Å². The molecule has 0 aliphatic rings. The lowest BCUT2D eigenvalue weighted by Gasteiger charge is -2.12. The van der Waals surface area contributed by atoms with E-state index in [1.165, 1.54) is 34.9 Å². The lowest BCUT2D eigenvalue weighted by Crippen LogP contribution is -2.22. The van der Waals surface area contributed by atoms with E-state index in [1.54, 1.807) is 36.4 Å². The maximum absolute atomic E-state index is 13.3. The number of aromatic nitrogens is 2. The Morgan fingerprint density at radius 1 is 0.867 bits per heavy atom. The molecule has 0 amide bonds. The first-order valence-corrected chi connectivity index (χ1v) is 9.28. The van der Waals surface area contributed by atoms with E-state index < -0.39 is 11.7 Å². The van der Waals surface area contributed by atoms with Crippen LogP contribution < -0.4 is 5.56 Å². The van der Waals surface area contributed by atoms with E-state index in [0.717, 1.165) is 11.6 Å². The maximum atomic E-state index is 13.3. The Labute approximate surface area is 170 Å². The van der Waals surface area contributed by atoms with Crippen LogP contribution in [0.15, 0.2) is 77.6 Å². The Morgan fingerprint density at radius 3 is 2.27 bits per heavy atom. The highest BCUT2D eigenvalue weighted by atomic mass is 19.4. The van der Waals surface area contributed by atoms with Crippen LogP contribution in [0, 0.1) is 6.92 Å².